The van der Waals surface area contributed by atoms with E-state index in [9.17, 15) is 4.39 Å². The van der Waals surface area contributed by atoms with Gasteiger partial charge in [-0.05, 0) is 31.2 Å². The third-order valence-corrected chi connectivity index (χ3v) is 3.25. The number of aryl methyl sites for hydroxylation is 1. The summed E-state index contributed by atoms with van der Waals surface area (Å²) >= 11 is 0. The molecule has 2 heterocycles. The van der Waals surface area contributed by atoms with Crippen molar-refractivity contribution < 1.29 is 9.13 Å². The van der Waals surface area contributed by atoms with Crippen molar-refractivity contribution in [3.8, 4) is 17.0 Å². The van der Waals surface area contributed by atoms with Crippen molar-refractivity contribution in [3.05, 3.63) is 47.9 Å². The maximum absolute atomic E-state index is 13.8. The molecule has 0 saturated carbocycles. The third kappa shape index (κ3) is 1.79. The summed E-state index contributed by atoms with van der Waals surface area (Å²) in [6.07, 6.45) is 1.69. The van der Waals surface area contributed by atoms with Gasteiger partial charge in [-0.1, -0.05) is 11.6 Å². The number of benzene rings is 1. The van der Waals surface area contributed by atoms with Crippen molar-refractivity contribution in [3.63, 3.8) is 0 Å². The van der Waals surface area contributed by atoms with E-state index in [1.165, 1.54) is 10.5 Å². The zero-order valence-electron chi connectivity index (χ0n) is 11.2. The largest absolute Gasteiger partial charge is 0.496 e. The summed E-state index contributed by atoms with van der Waals surface area (Å²) in [6, 6.07) is 8.67. The number of halogens is 1. The van der Waals surface area contributed by atoms with E-state index in [1.54, 1.807) is 19.4 Å². The van der Waals surface area contributed by atoms with Crippen LogP contribution in [0.3, 0.4) is 0 Å². The Balaban J connectivity index is 2.33. The fourth-order valence-corrected chi connectivity index (χ4v) is 2.26. The molecule has 4 nitrogen and oxygen atoms in total. The molecular formula is C15H14FN3O. The number of nitrogens with two attached hydrogens (primary N) is 1. The van der Waals surface area contributed by atoms with Crippen LogP contribution in [0.4, 0.5) is 10.2 Å². The van der Waals surface area contributed by atoms with Crippen LogP contribution in [0, 0.1) is 12.7 Å². The average molecular weight is 271 g/mol. The summed E-state index contributed by atoms with van der Waals surface area (Å²) in [6.45, 7) is 1.97. The van der Waals surface area contributed by atoms with Crippen molar-refractivity contribution in [2.75, 3.05) is 12.8 Å². The number of ether oxygens (including phenoxy) is 1. The molecule has 0 aliphatic rings. The first kappa shape index (κ1) is 12.5. The minimum Gasteiger partial charge on any atom is -0.496 e. The molecule has 2 N–H and O–H groups in total. The summed E-state index contributed by atoms with van der Waals surface area (Å²) < 4.78 is 20.7. The zero-order chi connectivity index (χ0) is 14.3. The standard InChI is InChI=1S/C15H14FN3O/c1-9-5-6-12(20-2)10(8-9)13-14(17)19-7-3-4-11(16)15(19)18-13/h3-8H,17H2,1-2H3. The molecule has 3 aromatic rings. The number of imidazole rings is 1. The SMILES string of the molecule is COc1ccc(C)cc1-c1nc2c(F)cccn2c1N. The van der Waals surface area contributed by atoms with Gasteiger partial charge >= 0.3 is 0 Å². The Morgan fingerprint density at radius 1 is 1.30 bits per heavy atom. The fourth-order valence-electron chi connectivity index (χ4n) is 2.26. The molecule has 0 aliphatic carbocycles. The van der Waals surface area contributed by atoms with Gasteiger partial charge in [0, 0.05) is 11.8 Å². The Morgan fingerprint density at radius 2 is 2.10 bits per heavy atom. The van der Waals surface area contributed by atoms with Crippen LogP contribution in [0.25, 0.3) is 16.9 Å². The maximum atomic E-state index is 13.8. The third-order valence-electron chi connectivity index (χ3n) is 3.25. The Bertz CT molecular complexity index is 795. The van der Waals surface area contributed by atoms with E-state index in [2.05, 4.69) is 4.98 Å². The smallest absolute Gasteiger partial charge is 0.175 e. The van der Waals surface area contributed by atoms with E-state index in [1.807, 2.05) is 25.1 Å². The second-order valence-electron chi connectivity index (χ2n) is 4.60. The molecular weight excluding hydrogens is 257 g/mol. The summed E-state index contributed by atoms with van der Waals surface area (Å²) in [5.74, 6) is 0.645. The predicted molar refractivity (Wildman–Crippen MR) is 76.3 cm³/mol. The molecule has 0 aliphatic heterocycles. The lowest BCUT2D eigenvalue weighted by Crippen LogP contribution is -1.96. The molecule has 0 unspecified atom stereocenters. The number of aromatic nitrogens is 2. The molecule has 0 saturated heterocycles. The normalized spacial score (nSPS) is 10.9. The second-order valence-corrected chi connectivity index (χ2v) is 4.60. The van der Waals surface area contributed by atoms with Gasteiger partial charge in [-0.2, -0.15) is 0 Å². The predicted octanol–water partition coefficient (Wildman–Crippen LogP) is 3.04. The average Bonchev–Trinajstić information content (AvgIpc) is 2.78. The van der Waals surface area contributed by atoms with E-state index < -0.39 is 5.82 Å². The van der Waals surface area contributed by atoms with E-state index in [4.69, 9.17) is 10.5 Å². The highest BCUT2D eigenvalue weighted by Crippen LogP contribution is 2.34. The number of hydrogen-bond acceptors (Lipinski definition) is 3. The molecule has 0 radical (unpaired) electrons. The zero-order valence-corrected chi connectivity index (χ0v) is 11.2. The topological polar surface area (TPSA) is 52.5 Å². The minimum atomic E-state index is -0.405. The van der Waals surface area contributed by atoms with Crippen molar-refractivity contribution in [1.29, 1.82) is 0 Å². The lowest BCUT2D eigenvalue weighted by atomic mass is 10.1. The molecule has 2 aromatic heterocycles. The molecule has 0 spiro atoms. The van der Waals surface area contributed by atoms with Crippen LogP contribution in [-0.2, 0) is 0 Å². The molecule has 20 heavy (non-hydrogen) atoms. The molecule has 0 atom stereocenters. The van der Waals surface area contributed by atoms with Crippen LogP contribution in [0.5, 0.6) is 5.75 Å². The minimum absolute atomic E-state index is 0.212. The number of nitrogens with zero attached hydrogens (tertiary/aromatic N) is 2. The summed E-state index contributed by atoms with van der Waals surface area (Å²) in [7, 11) is 1.58. The van der Waals surface area contributed by atoms with Gasteiger partial charge in [-0.3, -0.25) is 4.40 Å². The van der Waals surface area contributed by atoms with E-state index in [0.717, 1.165) is 11.1 Å². The Hall–Kier alpha value is -2.56. The van der Waals surface area contributed by atoms with Crippen LogP contribution in [0.1, 0.15) is 5.56 Å². The number of methoxy groups -OCH3 is 1. The number of hydrogen-bond donors (Lipinski definition) is 1. The van der Waals surface area contributed by atoms with Crippen LogP contribution >= 0.6 is 0 Å². The highest BCUT2D eigenvalue weighted by molar-refractivity contribution is 5.79. The summed E-state index contributed by atoms with van der Waals surface area (Å²) in [5.41, 5.74) is 8.64. The first-order valence-corrected chi connectivity index (χ1v) is 6.19. The number of fused-ring (bicyclic) bond motifs is 1. The summed E-state index contributed by atoms with van der Waals surface area (Å²) in [5, 5.41) is 0. The quantitative estimate of drug-likeness (QED) is 0.779. The lowest BCUT2D eigenvalue weighted by Gasteiger charge is -2.08. The molecule has 0 bridgehead atoms. The number of anilines is 1. The molecule has 0 amide bonds. The van der Waals surface area contributed by atoms with Crippen LogP contribution in [-0.4, -0.2) is 16.5 Å². The summed E-state index contributed by atoms with van der Waals surface area (Å²) in [4.78, 5) is 4.31. The Morgan fingerprint density at radius 3 is 2.80 bits per heavy atom. The molecule has 102 valence electrons. The Labute approximate surface area is 115 Å². The van der Waals surface area contributed by atoms with Gasteiger partial charge < -0.3 is 10.5 Å². The second kappa shape index (κ2) is 4.52. The van der Waals surface area contributed by atoms with Gasteiger partial charge in [0.15, 0.2) is 11.5 Å². The number of nitrogen functional groups attached to an aromatic ring is 1. The van der Waals surface area contributed by atoms with Gasteiger partial charge in [-0.15, -0.1) is 0 Å². The van der Waals surface area contributed by atoms with Gasteiger partial charge in [0.2, 0.25) is 0 Å². The first-order valence-electron chi connectivity index (χ1n) is 6.19. The van der Waals surface area contributed by atoms with Crippen LogP contribution in [0.15, 0.2) is 36.5 Å². The first-order chi connectivity index (χ1) is 9.61. The Kier molecular flexibility index (Phi) is 2.82. The lowest BCUT2D eigenvalue weighted by molar-refractivity contribution is 0.416. The number of rotatable bonds is 2. The van der Waals surface area contributed by atoms with Crippen molar-refractivity contribution in [2.24, 2.45) is 0 Å². The monoisotopic (exact) mass is 271 g/mol. The number of pyridine rings is 1. The molecule has 0 fully saturated rings. The van der Waals surface area contributed by atoms with Crippen molar-refractivity contribution in [1.82, 2.24) is 9.38 Å². The van der Waals surface area contributed by atoms with E-state index >= 15 is 0 Å². The van der Waals surface area contributed by atoms with Crippen LogP contribution < -0.4 is 10.5 Å². The highest BCUT2D eigenvalue weighted by Gasteiger charge is 2.17. The van der Waals surface area contributed by atoms with Gasteiger partial charge in [0.25, 0.3) is 0 Å². The molecule has 1 aromatic carbocycles. The molecule has 3 rings (SSSR count). The van der Waals surface area contributed by atoms with Gasteiger partial charge in [0.1, 0.15) is 17.3 Å². The maximum Gasteiger partial charge on any atom is 0.175 e. The van der Waals surface area contributed by atoms with Crippen LogP contribution in [0.2, 0.25) is 0 Å². The van der Waals surface area contributed by atoms with Crippen molar-refractivity contribution >= 4 is 11.5 Å². The highest BCUT2D eigenvalue weighted by atomic mass is 19.1. The van der Waals surface area contributed by atoms with Crippen molar-refractivity contribution in [2.45, 2.75) is 6.92 Å². The fraction of sp³-hybridized carbons (Fsp3) is 0.133. The van der Waals surface area contributed by atoms with E-state index in [0.29, 0.717) is 17.3 Å². The van der Waals surface area contributed by atoms with Gasteiger partial charge in [-0.25, -0.2) is 9.37 Å². The van der Waals surface area contributed by atoms with Gasteiger partial charge in [0.05, 0.1) is 7.11 Å². The molecule has 5 heteroatoms. The van der Waals surface area contributed by atoms with E-state index in [-0.39, 0.29) is 5.65 Å².